The average molecular weight is 301 g/mol. The molecule has 0 saturated carbocycles. The van der Waals surface area contributed by atoms with Crippen molar-refractivity contribution in [2.24, 2.45) is 0 Å². The first kappa shape index (κ1) is 15.5. The van der Waals surface area contributed by atoms with Gasteiger partial charge in [-0.25, -0.2) is 13.1 Å². The zero-order valence-corrected chi connectivity index (χ0v) is 12.8. The van der Waals surface area contributed by atoms with Crippen LogP contribution in [0.5, 0.6) is 0 Å². The van der Waals surface area contributed by atoms with E-state index in [4.69, 9.17) is 0 Å². The fourth-order valence-electron chi connectivity index (χ4n) is 2.21. The smallest absolute Gasteiger partial charge is 0.207 e. The summed E-state index contributed by atoms with van der Waals surface area (Å²) < 4.78 is 27.9. The quantitative estimate of drug-likeness (QED) is 0.829. The van der Waals surface area contributed by atoms with Gasteiger partial charge in [-0.15, -0.1) is 6.58 Å². The van der Waals surface area contributed by atoms with Gasteiger partial charge in [-0.1, -0.05) is 54.6 Å². The molecule has 0 aliphatic rings. The van der Waals surface area contributed by atoms with E-state index in [2.05, 4.69) is 11.3 Å². The number of rotatable bonds is 6. The Bertz CT molecular complexity index is 709. The van der Waals surface area contributed by atoms with E-state index in [-0.39, 0.29) is 6.04 Å². The highest BCUT2D eigenvalue weighted by Crippen LogP contribution is 2.22. The SMILES string of the molecule is C=CCC(NS(=O)(=O)c1ccccc1C)c1ccccc1. The molecule has 4 heteroatoms. The Hall–Kier alpha value is -1.91. The average Bonchev–Trinajstić information content (AvgIpc) is 2.48. The Morgan fingerprint density at radius 3 is 2.33 bits per heavy atom. The molecule has 3 nitrogen and oxygen atoms in total. The Kier molecular flexibility index (Phi) is 4.94. The lowest BCUT2D eigenvalue weighted by molar-refractivity contribution is 0.557. The van der Waals surface area contributed by atoms with Gasteiger partial charge < -0.3 is 0 Å². The summed E-state index contributed by atoms with van der Waals surface area (Å²) in [6.45, 7) is 5.50. The van der Waals surface area contributed by atoms with E-state index in [0.29, 0.717) is 11.3 Å². The van der Waals surface area contributed by atoms with Gasteiger partial charge in [-0.3, -0.25) is 0 Å². The van der Waals surface area contributed by atoms with Crippen molar-refractivity contribution in [1.82, 2.24) is 4.72 Å². The molecule has 2 aromatic rings. The van der Waals surface area contributed by atoms with Gasteiger partial charge in [-0.2, -0.15) is 0 Å². The summed E-state index contributed by atoms with van der Waals surface area (Å²) in [5.74, 6) is 0. The second kappa shape index (κ2) is 6.70. The van der Waals surface area contributed by atoms with Gasteiger partial charge in [0.25, 0.3) is 0 Å². The van der Waals surface area contributed by atoms with Crippen LogP contribution in [0.3, 0.4) is 0 Å². The van der Waals surface area contributed by atoms with E-state index in [0.717, 1.165) is 11.1 Å². The predicted molar refractivity (Wildman–Crippen MR) is 85.5 cm³/mol. The van der Waals surface area contributed by atoms with Gasteiger partial charge in [0.05, 0.1) is 10.9 Å². The normalized spacial score (nSPS) is 12.8. The minimum absolute atomic E-state index is 0.312. The van der Waals surface area contributed by atoms with Crippen LogP contribution >= 0.6 is 0 Å². The standard InChI is InChI=1S/C17H19NO2S/c1-3-9-16(15-11-5-4-6-12-15)18-21(19,20)17-13-8-7-10-14(17)2/h3-8,10-13,16,18H,1,9H2,2H3. The van der Waals surface area contributed by atoms with Gasteiger partial charge in [0.1, 0.15) is 0 Å². The van der Waals surface area contributed by atoms with Crippen LogP contribution in [0, 0.1) is 6.92 Å². The molecule has 21 heavy (non-hydrogen) atoms. The summed E-state index contributed by atoms with van der Waals surface area (Å²) in [7, 11) is -3.56. The molecule has 0 aliphatic heterocycles. The van der Waals surface area contributed by atoms with Crippen LogP contribution in [0.1, 0.15) is 23.6 Å². The first-order valence-electron chi connectivity index (χ1n) is 6.78. The molecule has 2 rings (SSSR count). The Balaban J connectivity index is 2.33. The van der Waals surface area contributed by atoms with Gasteiger partial charge in [0.15, 0.2) is 0 Å². The zero-order valence-electron chi connectivity index (χ0n) is 12.0. The van der Waals surface area contributed by atoms with Crippen LogP contribution < -0.4 is 4.72 Å². The minimum Gasteiger partial charge on any atom is -0.207 e. The number of hydrogen-bond acceptors (Lipinski definition) is 2. The van der Waals surface area contributed by atoms with Crippen molar-refractivity contribution in [1.29, 1.82) is 0 Å². The molecular formula is C17H19NO2S. The summed E-state index contributed by atoms with van der Waals surface area (Å²) in [4.78, 5) is 0.315. The predicted octanol–water partition coefficient (Wildman–Crippen LogP) is 3.59. The third-order valence-corrected chi connectivity index (χ3v) is 4.92. The Labute approximate surface area is 126 Å². The number of sulfonamides is 1. The highest BCUT2D eigenvalue weighted by molar-refractivity contribution is 7.89. The third kappa shape index (κ3) is 3.80. The zero-order chi connectivity index (χ0) is 15.3. The summed E-state index contributed by atoms with van der Waals surface area (Å²) in [6.07, 6.45) is 2.26. The molecule has 0 radical (unpaired) electrons. The van der Waals surface area contributed by atoms with Gasteiger partial charge in [0, 0.05) is 0 Å². The molecule has 0 heterocycles. The molecule has 1 unspecified atom stereocenters. The van der Waals surface area contributed by atoms with Crippen molar-refractivity contribution in [2.75, 3.05) is 0 Å². The van der Waals surface area contributed by atoms with Crippen molar-refractivity contribution >= 4 is 10.0 Å². The number of hydrogen-bond donors (Lipinski definition) is 1. The van der Waals surface area contributed by atoms with E-state index in [1.807, 2.05) is 36.4 Å². The monoisotopic (exact) mass is 301 g/mol. The molecule has 0 bridgehead atoms. The van der Waals surface area contributed by atoms with E-state index in [1.54, 1.807) is 31.2 Å². The van der Waals surface area contributed by atoms with Crippen molar-refractivity contribution < 1.29 is 8.42 Å². The summed E-state index contributed by atoms with van der Waals surface area (Å²) in [5, 5.41) is 0. The first-order valence-corrected chi connectivity index (χ1v) is 8.26. The van der Waals surface area contributed by atoms with Crippen molar-refractivity contribution in [2.45, 2.75) is 24.3 Å². The third-order valence-electron chi connectivity index (χ3n) is 3.28. The highest BCUT2D eigenvalue weighted by Gasteiger charge is 2.21. The highest BCUT2D eigenvalue weighted by atomic mass is 32.2. The summed E-state index contributed by atoms with van der Waals surface area (Å²) >= 11 is 0. The minimum atomic E-state index is -3.56. The molecule has 0 aliphatic carbocycles. The molecule has 2 aromatic carbocycles. The second-order valence-electron chi connectivity index (χ2n) is 4.87. The molecule has 0 saturated heterocycles. The largest absolute Gasteiger partial charge is 0.241 e. The van der Waals surface area contributed by atoms with Crippen molar-refractivity contribution in [3.05, 3.63) is 78.4 Å². The van der Waals surface area contributed by atoms with Crippen LogP contribution in [-0.4, -0.2) is 8.42 Å². The maximum Gasteiger partial charge on any atom is 0.241 e. The van der Waals surface area contributed by atoms with Gasteiger partial charge in [-0.05, 0) is 30.5 Å². The van der Waals surface area contributed by atoms with Crippen LogP contribution in [-0.2, 0) is 10.0 Å². The maximum absolute atomic E-state index is 12.6. The summed E-state index contributed by atoms with van der Waals surface area (Å²) in [5.41, 5.74) is 1.66. The number of aryl methyl sites for hydroxylation is 1. The number of nitrogens with one attached hydrogen (secondary N) is 1. The first-order chi connectivity index (χ1) is 10.0. The molecular weight excluding hydrogens is 282 g/mol. The second-order valence-corrected chi connectivity index (χ2v) is 6.56. The van der Waals surface area contributed by atoms with E-state index in [1.165, 1.54) is 0 Å². The molecule has 0 amide bonds. The molecule has 1 atom stereocenters. The van der Waals surface area contributed by atoms with Crippen LogP contribution in [0.4, 0.5) is 0 Å². The lowest BCUT2D eigenvalue weighted by Gasteiger charge is -2.18. The van der Waals surface area contributed by atoms with Crippen molar-refractivity contribution in [3.63, 3.8) is 0 Å². The Morgan fingerprint density at radius 2 is 1.71 bits per heavy atom. The van der Waals surface area contributed by atoms with Crippen LogP contribution in [0.25, 0.3) is 0 Å². The fourth-order valence-corrected chi connectivity index (χ4v) is 3.70. The van der Waals surface area contributed by atoms with Crippen LogP contribution in [0.2, 0.25) is 0 Å². The Morgan fingerprint density at radius 1 is 1.10 bits per heavy atom. The van der Waals surface area contributed by atoms with Gasteiger partial charge in [0.2, 0.25) is 10.0 Å². The molecule has 110 valence electrons. The van der Waals surface area contributed by atoms with E-state index < -0.39 is 10.0 Å². The lowest BCUT2D eigenvalue weighted by atomic mass is 10.1. The van der Waals surface area contributed by atoms with Gasteiger partial charge >= 0.3 is 0 Å². The molecule has 0 fully saturated rings. The summed E-state index contributed by atoms with van der Waals surface area (Å²) in [6, 6.07) is 16.2. The van der Waals surface area contributed by atoms with E-state index in [9.17, 15) is 8.42 Å². The molecule has 0 spiro atoms. The molecule has 1 N–H and O–H groups in total. The maximum atomic E-state index is 12.6. The van der Waals surface area contributed by atoms with Crippen LogP contribution in [0.15, 0.2) is 72.1 Å². The molecule has 0 aromatic heterocycles. The van der Waals surface area contributed by atoms with E-state index >= 15 is 0 Å². The van der Waals surface area contributed by atoms with Crippen molar-refractivity contribution in [3.8, 4) is 0 Å². The lowest BCUT2D eigenvalue weighted by Crippen LogP contribution is -2.29. The number of benzene rings is 2. The topological polar surface area (TPSA) is 46.2 Å². The fraction of sp³-hybridized carbons (Fsp3) is 0.176.